The normalized spacial score (nSPS) is 12.9. The van der Waals surface area contributed by atoms with Crippen molar-refractivity contribution in [3.05, 3.63) is 135 Å². The molecule has 3 aromatic carbocycles. The van der Waals surface area contributed by atoms with E-state index in [1.165, 1.54) is 11.9 Å². The maximum absolute atomic E-state index is 14.1. The van der Waals surface area contributed by atoms with E-state index in [-0.39, 0.29) is 12.2 Å². The van der Waals surface area contributed by atoms with E-state index in [9.17, 15) is 9.90 Å². The molecule has 1 aliphatic heterocycles. The maximum atomic E-state index is 14.1. The van der Waals surface area contributed by atoms with E-state index >= 15 is 0 Å². The number of aromatic nitrogens is 2. The van der Waals surface area contributed by atoms with Gasteiger partial charge in [-0.15, -0.1) is 0 Å². The Kier molecular flexibility index (Phi) is 8.06. The van der Waals surface area contributed by atoms with Crippen LogP contribution in [0.25, 0.3) is 17.1 Å². The van der Waals surface area contributed by atoms with Crippen LogP contribution in [-0.4, -0.2) is 21.3 Å². The van der Waals surface area contributed by atoms with Crippen molar-refractivity contribution in [1.82, 2.24) is 14.3 Å². The highest BCUT2D eigenvalue weighted by Crippen LogP contribution is 2.31. The van der Waals surface area contributed by atoms with Crippen molar-refractivity contribution in [3.63, 3.8) is 0 Å². The first-order chi connectivity index (χ1) is 18.6. The first kappa shape index (κ1) is 25.6. The summed E-state index contributed by atoms with van der Waals surface area (Å²) in [4.78, 5) is 19.8. The van der Waals surface area contributed by atoms with Gasteiger partial charge in [-0.2, -0.15) is 0 Å². The lowest BCUT2D eigenvalue weighted by Crippen LogP contribution is -2.30. The van der Waals surface area contributed by atoms with Gasteiger partial charge < -0.3 is 14.6 Å². The highest BCUT2D eigenvalue weighted by Gasteiger charge is 2.22. The summed E-state index contributed by atoms with van der Waals surface area (Å²) in [5, 5.41) is 9.44. The lowest BCUT2D eigenvalue weighted by molar-refractivity contribution is 0.307. The molecule has 2 N–H and O–H groups in total. The number of aliphatic hydroxyl groups excluding tert-OH is 1. The highest BCUT2D eigenvalue weighted by molar-refractivity contribution is 8.01. The highest BCUT2D eigenvalue weighted by atomic mass is 32.2. The Hall–Kier alpha value is -4.07. The molecule has 0 amide bonds. The van der Waals surface area contributed by atoms with Crippen LogP contribution in [0, 0.1) is 6.92 Å². The molecule has 0 saturated carbocycles. The van der Waals surface area contributed by atoms with Crippen LogP contribution >= 0.6 is 11.9 Å². The third-order valence-corrected chi connectivity index (χ3v) is 7.18. The number of ether oxygens (including phenoxy) is 1. The SMILES string of the molecule is Cc1nc(-c2ccccc2OCc2ccccc2)n(CCc2ccccc2)c(=O)c1C1=CC=C(CO)SN1. The number of hydrogen-bond donors (Lipinski definition) is 2. The minimum absolute atomic E-state index is 0.0569. The molecule has 192 valence electrons. The number of rotatable bonds is 9. The van der Waals surface area contributed by atoms with Gasteiger partial charge in [-0.3, -0.25) is 9.36 Å². The van der Waals surface area contributed by atoms with Gasteiger partial charge in [0.05, 0.1) is 29.1 Å². The molecule has 38 heavy (non-hydrogen) atoms. The molecule has 1 aromatic heterocycles. The maximum Gasteiger partial charge on any atom is 0.263 e. The predicted molar refractivity (Wildman–Crippen MR) is 153 cm³/mol. The van der Waals surface area contributed by atoms with Crippen LogP contribution in [-0.2, 0) is 19.6 Å². The average Bonchev–Trinajstić information content (AvgIpc) is 2.97. The Morgan fingerprint density at radius 1 is 0.921 bits per heavy atom. The average molecular weight is 524 g/mol. The molecule has 0 fully saturated rings. The standard InChI is InChI=1S/C31H29N3O3S/c1-22-29(27-17-16-25(20-35)38-33-27)31(36)34(19-18-23-10-4-2-5-11-23)30(32-22)26-14-8-9-15-28(26)37-21-24-12-6-3-7-13-24/h2-17,33,35H,18-21H2,1H3. The summed E-state index contributed by atoms with van der Waals surface area (Å²) in [5.41, 5.74) is 4.67. The fourth-order valence-corrected chi connectivity index (χ4v) is 4.98. The van der Waals surface area contributed by atoms with E-state index in [0.29, 0.717) is 48.1 Å². The second kappa shape index (κ2) is 12.0. The number of nitrogens with zero attached hydrogens (tertiary/aromatic N) is 2. The molecule has 0 radical (unpaired) electrons. The molecule has 0 aliphatic carbocycles. The van der Waals surface area contributed by atoms with Crippen LogP contribution in [0.3, 0.4) is 0 Å². The monoisotopic (exact) mass is 523 g/mol. The number of aryl methyl sites for hydroxylation is 2. The second-order valence-electron chi connectivity index (χ2n) is 8.93. The first-order valence-electron chi connectivity index (χ1n) is 12.5. The van der Waals surface area contributed by atoms with Gasteiger partial charge in [-0.25, -0.2) is 4.98 Å². The third-order valence-electron chi connectivity index (χ3n) is 6.34. The minimum atomic E-state index is -0.124. The molecule has 0 saturated heterocycles. The number of hydrogen-bond acceptors (Lipinski definition) is 6. The number of allylic oxidation sites excluding steroid dienone is 2. The van der Waals surface area contributed by atoms with E-state index < -0.39 is 0 Å². The molecule has 2 heterocycles. The van der Waals surface area contributed by atoms with Crippen molar-refractivity contribution in [2.45, 2.75) is 26.5 Å². The molecule has 6 nitrogen and oxygen atoms in total. The van der Waals surface area contributed by atoms with E-state index in [4.69, 9.17) is 9.72 Å². The topological polar surface area (TPSA) is 76.4 Å². The summed E-state index contributed by atoms with van der Waals surface area (Å²) >= 11 is 1.30. The van der Waals surface area contributed by atoms with Crippen molar-refractivity contribution < 1.29 is 9.84 Å². The number of para-hydroxylation sites is 1. The number of aliphatic hydroxyl groups is 1. The Morgan fingerprint density at radius 3 is 2.29 bits per heavy atom. The number of nitrogens with one attached hydrogen (secondary N) is 1. The molecule has 5 rings (SSSR count). The van der Waals surface area contributed by atoms with Crippen molar-refractivity contribution in [2.75, 3.05) is 6.61 Å². The summed E-state index contributed by atoms with van der Waals surface area (Å²) < 4.78 is 11.2. The summed E-state index contributed by atoms with van der Waals surface area (Å²) in [6, 6.07) is 27.8. The molecule has 4 aromatic rings. The Bertz CT molecular complexity index is 1530. The van der Waals surface area contributed by atoms with Crippen LogP contribution in [0.5, 0.6) is 5.75 Å². The minimum Gasteiger partial charge on any atom is -0.488 e. The smallest absolute Gasteiger partial charge is 0.263 e. The molecular weight excluding hydrogens is 494 g/mol. The quantitative estimate of drug-likeness (QED) is 0.282. The summed E-state index contributed by atoms with van der Waals surface area (Å²) in [6.07, 6.45) is 4.33. The number of benzene rings is 3. The van der Waals surface area contributed by atoms with Gasteiger partial charge in [0.1, 0.15) is 18.2 Å². The Labute approximate surface area is 226 Å². The van der Waals surface area contributed by atoms with Crippen LogP contribution < -0.4 is 15.0 Å². The van der Waals surface area contributed by atoms with Gasteiger partial charge in [-0.1, -0.05) is 72.8 Å². The Balaban J connectivity index is 1.58. The fraction of sp³-hybridized carbons (Fsp3) is 0.161. The zero-order chi connectivity index (χ0) is 26.3. The van der Waals surface area contributed by atoms with Crippen molar-refractivity contribution in [2.24, 2.45) is 0 Å². The third kappa shape index (κ3) is 5.74. The predicted octanol–water partition coefficient (Wildman–Crippen LogP) is 5.51. The van der Waals surface area contributed by atoms with Gasteiger partial charge in [0, 0.05) is 11.4 Å². The molecule has 0 spiro atoms. The van der Waals surface area contributed by atoms with E-state index in [1.807, 2.05) is 91.9 Å². The van der Waals surface area contributed by atoms with Gasteiger partial charge >= 0.3 is 0 Å². The van der Waals surface area contributed by atoms with E-state index in [2.05, 4.69) is 16.9 Å². The molecular formula is C31H29N3O3S. The van der Waals surface area contributed by atoms with E-state index in [1.54, 1.807) is 4.57 Å². The van der Waals surface area contributed by atoms with Gasteiger partial charge in [0.25, 0.3) is 5.56 Å². The molecule has 1 aliphatic rings. The zero-order valence-electron chi connectivity index (χ0n) is 21.1. The summed E-state index contributed by atoms with van der Waals surface area (Å²) in [7, 11) is 0. The lowest BCUT2D eigenvalue weighted by Gasteiger charge is -2.21. The van der Waals surface area contributed by atoms with Crippen LogP contribution in [0.4, 0.5) is 0 Å². The van der Waals surface area contributed by atoms with Crippen LogP contribution in [0.2, 0.25) is 0 Å². The van der Waals surface area contributed by atoms with Crippen molar-refractivity contribution in [3.8, 4) is 17.1 Å². The molecule has 0 bridgehead atoms. The fourth-order valence-electron chi connectivity index (χ4n) is 4.37. The summed E-state index contributed by atoms with van der Waals surface area (Å²) in [6.45, 7) is 2.67. The van der Waals surface area contributed by atoms with Crippen molar-refractivity contribution >= 4 is 17.6 Å². The van der Waals surface area contributed by atoms with E-state index in [0.717, 1.165) is 21.6 Å². The Morgan fingerprint density at radius 2 is 1.61 bits per heavy atom. The molecule has 0 unspecified atom stereocenters. The van der Waals surface area contributed by atoms with Crippen LogP contribution in [0.1, 0.15) is 22.4 Å². The first-order valence-corrected chi connectivity index (χ1v) is 13.3. The van der Waals surface area contributed by atoms with Crippen molar-refractivity contribution in [1.29, 1.82) is 0 Å². The van der Waals surface area contributed by atoms with Crippen LogP contribution in [0.15, 0.2) is 107 Å². The second-order valence-corrected chi connectivity index (χ2v) is 9.87. The molecule has 7 heteroatoms. The van der Waals surface area contributed by atoms with Gasteiger partial charge in [-0.05, 0) is 60.7 Å². The van der Waals surface area contributed by atoms with Gasteiger partial charge in [0.15, 0.2) is 0 Å². The summed E-state index contributed by atoms with van der Waals surface area (Å²) in [5.74, 6) is 1.25. The zero-order valence-corrected chi connectivity index (χ0v) is 21.9. The van der Waals surface area contributed by atoms with Gasteiger partial charge in [0.2, 0.25) is 0 Å². The molecule has 0 atom stereocenters. The largest absolute Gasteiger partial charge is 0.488 e. The lowest BCUT2D eigenvalue weighted by atomic mass is 10.1.